The summed E-state index contributed by atoms with van der Waals surface area (Å²) in [7, 11) is -6.54. The highest BCUT2D eigenvalue weighted by Crippen LogP contribution is 2.53. The largest absolute Gasteiger partial charge is 0.459 e. The highest BCUT2D eigenvalue weighted by Gasteiger charge is 2.57. The van der Waals surface area contributed by atoms with Crippen LogP contribution in [0.15, 0.2) is 59.9 Å². The van der Waals surface area contributed by atoms with Gasteiger partial charge in [-0.15, -0.1) is 4.83 Å². The van der Waals surface area contributed by atoms with Gasteiger partial charge in [-0.1, -0.05) is 48.3 Å². The van der Waals surface area contributed by atoms with Crippen molar-refractivity contribution in [2.24, 2.45) is 16.6 Å². The van der Waals surface area contributed by atoms with E-state index in [1.807, 2.05) is 0 Å². The Morgan fingerprint density at radius 3 is 2.61 bits per heavy atom. The molecular formula is C30H37Cl2N8O9PS. The summed E-state index contributed by atoms with van der Waals surface area (Å²) in [5, 5.41) is 19.1. The van der Waals surface area contributed by atoms with Gasteiger partial charge in [0, 0.05) is 28.6 Å². The van der Waals surface area contributed by atoms with Crippen LogP contribution in [0.3, 0.4) is 0 Å². The number of nitrogens with one attached hydrogen (secondary N) is 3. The van der Waals surface area contributed by atoms with Crippen LogP contribution in [-0.2, 0) is 40.0 Å². The Morgan fingerprint density at radius 1 is 1.24 bits per heavy atom. The van der Waals surface area contributed by atoms with E-state index in [0.717, 1.165) is 6.26 Å². The summed E-state index contributed by atoms with van der Waals surface area (Å²) in [4.78, 5) is 24.3. The maximum atomic E-state index is 14.4. The van der Waals surface area contributed by atoms with E-state index >= 15 is 0 Å². The van der Waals surface area contributed by atoms with Crippen molar-refractivity contribution in [3.63, 3.8) is 0 Å². The average molecular weight is 788 g/mol. The fraction of sp³-hybridized carbons (Fsp3) is 0.433. The number of sulfonamides is 1. The molecular weight excluding hydrogens is 750 g/mol. The van der Waals surface area contributed by atoms with Crippen molar-refractivity contribution in [1.82, 2.24) is 24.5 Å². The third-order valence-electron chi connectivity index (χ3n) is 8.39. The van der Waals surface area contributed by atoms with E-state index in [0.29, 0.717) is 34.3 Å². The lowest BCUT2D eigenvalue weighted by molar-refractivity contribution is -0.148. The number of fused-ring (bicyclic) bond motifs is 1. The first-order chi connectivity index (χ1) is 24.1. The fourth-order valence-corrected chi connectivity index (χ4v) is 8.29. The smallest absolute Gasteiger partial charge is 0.459 e. The minimum atomic E-state index is -4.35. The molecule has 17 nitrogen and oxygen atoms in total. The lowest BCUT2D eigenvalue weighted by Gasteiger charge is -2.28. The topological polar surface area (TPSA) is 221 Å². The number of aliphatic hydroxyl groups excluding tert-OH is 1. The van der Waals surface area contributed by atoms with Crippen LogP contribution in [-0.4, -0.2) is 83.8 Å². The van der Waals surface area contributed by atoms with Crippen molar-refractivity contribution in [1.29, 1.82) is 0 Å². The van der Waals surface area contributed by atoms with Gasteiger partial charge in [0.05, 0.1) is 25.3 Å². The number of carbonyl (C=O) groups is 1. The number of aromatic nitrogens is 2. The van der Waals surface area contributed by atoms with E-state index in [2.05, 4.69) is 25.2 Å². The van der Waals surface area contributed by atoms with Gasteiger partial charge >= 0.3 is 13.7 Å². The third kappa shape index (κ3) is 8.52. The van der Waals surface area contributed by atoms with Gasteiger partial charge in [-0.25, -0.2) is 23.0 Å². The van der Waals surface area contributed by atoms with Gasteiger partial charge in [-0.2, -0.15) is 5.09 Å². The molecule has 2 fully saturated rings. The number of nitrogens with zero attached hydrogens (tertiary/aromatic N) is 4. The zero-order valence-corrected chi connectivity index (χ0v) is 30.8. The Bertz CT molecular complexity index is 1960. The van der Waals surface area contributed by atoms with Crippen molar-refractivity contribution in [3.05, 3.63) is 76.2 Å². The van der Waals surface area contributed by atoms with Crippen LogP contribution in [0.4, 0.5) is 5.82 Å². The number of benzene rings is 2. The number of hydrogen-bond acceptors (Lipinski definition) is 14. The Balaban J connectivity index is 1.18. The van der Waals surface area contributed by atoms with E-state index in [-0.39, 0.29) is 23.9 Å². The molecule has 1 saturated carbocycles. The molecule has 2 aliphatic heterocycles. The van der Waals surface area contributed by atoms with E-state index < -0.39 is 66.5 Å². The van der Waals surface area contributed by atoms with Gasteiger partial charge in [-0.05, 0) is 43.2 Å². The summed E-state index contributed by atoms with van der Waals surface area (Å²) < 4.78 is 63.2. The molecule has 0 amide bonds. The van der Waals surface area contributed by atoms with Gasteiger partial charge in [0.15, 0.2) is 12.1 Å². The number of aliphatic hydroxyl groups is 1. The minimum Gasteiger partial charge on any atom is -0.459 e. The first-order valence-corrected chi connectivity index (χ1v) is 19.9. The van der Waals surface area contributed by atoms with Crippen molar-refractivity contribution in [2.75, 3.05) is 25.2 Å². The summed E-state index contributed by atoms with van der Waals surface area (Å²) in [6.45, 7) is 1.23. The van der Waals surface area contributed by atoms with E-state index in [1.54, 1.807) is 47.9 Å². The number of esters is 1. The standard InChI is InChI=1S/C30H37Cl2N8O9PS/c1-17-24(41)22(48-27(17)40-16-34-23-25(35-29(33)36-26(23)40)39(2)38-51(3,44)45)15-47-50(43,49-20-10-8-19(31)9-11-20)37-30(12-13-30)28(42)46-14-18-6-4-5-7-21(18)32/h4-11,16-17,22,24,27,29,36,38,41H,12-15,33H2,1-3H3,(H,37,43)/t17-,22?,24-,27?,29?,50?/m0/s1. The Kier molecular flexibility index (Phi) is 10.7. The van der Waals surface area contributed by atoms with Crippen molar-refractivity contribution in [3.8, 4) is 5.75 Å². The van der Waals surface area contributed by atoms with Gasteiger partial charge < -0.3 is 24.4 Å². The quantitative estimate of drug-likeness (QED) is 0.0956. The molecule has 1 aromatic heterocycles. The van der Waals surface area contributed by atoms with Crippen LogP contribution < -0.4 is 25.5 Å². The first kappa shape index (κ1) is 37.5. The van der Waals surface area contributed by atoms with Crippen molar-refractivity contribution in [2.45, 2.75) is 56.6 Å². The van der Waals surface area contributed by atoms with Crippen LogP contribution in [0.25, 0.3) is 0 Å². The third-order valence-corrected chi connectivity index (χ3v) is 11.3. The van der Waals surface area contributed by atoms with Crippen molar-refractivity contribution < 1.29 is 41.4 Å². The molecule has 0 bridgehead atoms. The van der Waals surface area contributed by atoms with E-state index in [1.165, 1.54) is 30.5 Å². The minimum absolute atomic E-state index is 0.0952. The number of ether oxygens (including phenoxy) is 2. The molecule has 21 heteroatoms. The molecule has 2 aromatic carbocycles. The zero-order valence-electron chi connectivity index (χ0n) is 27.6. The molecule has 1 saturated heterocycles. The van der Waals surface area contributed by atoms with Gasteiger partial charge in [0.1, 0.15) is 41.7 Å². The molecule has 0 spiro atoms. The molecule has 0 radical (unpaired) electrons. The molecule has 6 rings (SSSR count). The lowest BCUT2D eigenvalue weighted by atomic mass is 10.0. The fourth-order valence-electron chi connectivity index (χ4n) is 5.64. The van der Waals surface area contributed by atoms with Gasteiger partial charge in [0.25, 0.3) is 0 Å². The Morgan fingerprint density at radius 2 is 1.94 bits per heavy atom. The number of anilines is 1. The number of hydrazine groups is 1. The number of hydrogen-bond donors (Lipinski definition) is 5. The molecule has 51 heavy (non-hydrogen) atoms. The predicted octanol–water partition coefficient (Wildman–Crippen LogP) is 2.96. The molecule has 3 heterocycles. The van der Waals surface area contributed by atoms with E-state index in [4.69, 9.17) is 47.5 Å². The van der Waals surface area contributed by atoms with E-state index in [9.17, 15) is 22.9 Å². The number of nitrogens with two attached hydrogens (primary N) is 1. The SMILES string of the molecule is C[C@@H]1C(n2cnc3c2NC(N)N=C3N(C)NS(C)(=O)=O)OC(COP(=O)(NC2(C(=O)OCc3ccccc3Cl)CC2)Oc2ccc(Cl)cc2)[C@H]1O. The molecule has 276 valence electrons. The number of aliphatic imine (C=N–C) groups is 1. The summed E-state index contributed by atoms with van der Waals surface area (Å²) in [5.74, 6) is -0.548. The summed E-state index contributed by atoms with van der Waals surface area (Å²) in [6, 6.07) is 13.0. The van der Waals surface area contributed by atoms with Crippen LogP contribution in [0.1, 0.15) is 37.3 Å². The second-order valence-electron chi connectivity index (χ2n) is 12.4. The Hall–Kier alpha value is -3.29. The summed E-state index contributed by atoms with van der Waals surface area (Å²) in [5.41, 5.74) is 5.63. The lowest BCUT2D eigenvalue weighted by Crippen LogP contribution is -2.47. The predicted molar refractivity (Wildman–Crippen MR) is 187 cm³/mol. The second-order valence-corrected chi connectivity index (χ2v) is 16.7. The summed E-state index contributed by atoms with van der Waals surface area (Å²) >= 11 is 12.2. The van der Waals surface area contributed by atoms with Crippen LogP contribution >= 0.6 is 30.9 Å². The normalized spacial score (nSPS) is 24.8. The molecule has 6 N–H and O–H groups in total. The van der Waals surface area contributed by atoms with Crippen LogP contribution in [0.5, 0.6) is 5.75 Å². The number of rotatable bonds is 13. The Labute approximate surface area is 304 Å². The van der Waals surface area contributed by atoms with Crippen molar-refractivity contribution >= 4 is 58.6 Å². The van der Waals surface area contributed by atoms with Gasteiger partial charge in [-0.3, -0.25) is 24.6 Å². The zero-order chi connectivity index (χ0) is 36.7. The number of carbonyl (C=O) groups excluding carboxylic acids is 1. The highest BCUT2D eigenvalue weighted by molar-refractivity contribution is 7.88. The monoisotopic (exact) mass is 786 g/mol. The molecule has 4 unspecified atom stereocenters. The van der Waals surface area contributed by atoms with Crippen LogP contribution in [0, 0.1) is 5.92 Å². The van der Waals surface area contributed by atoms with Crippen LogP contribution in [0.2, 0.25) is 10.0 Å². The average Bonchev–Trinajstić information content (AvgIpc) is 3.64. The maximum Gasteiger partial charge on any atom is 0.459 e. The first-order valence-electron chi connectivity index (χ1n) is 15.7. The number of imidazole rings is 1. The number of halogens is 2. The molecule has 1 aliphatic carbocycles. The second kappa shape index (κ2) is 14.6. The maximum absolute atomic E-state index is 14.4. The summed E-state index contributed by atoms with van der Waals surface area (Å²) in [6.07, 6.45) is -0.880. The molecule has 3 aromatic rings. The van der Waals surface area contributed by atoms with Gasteiger partial charge in [0.2, 0.25) is 10.0 Å². The number of amidine groups is 1. The molecule has 6 atom stereocenters. The molecule has 3 aliphatic rings. The highest BCUT2D eigenvalue weighted by atomic mass is 35.5.